The van der Waals surface area contributed by atoms with E-state index in [-0.39, 0.29) is 23.7 Å². The topological polar surface area (TPSA) is 105 Å². The van der Waals surface area contributed by atoms with Crippen molar-refractivity contribution in [1.29, 1.82) is 0 Å². The monoisotopic (exact) mass is 378 g/mol. The van der Waals surface area contributed by atoms with Crippen molar-refractivity contribution in [3.8, 4) is 17.1 Å². The van der Waals surface area contributed by atoms with Gasteiger partial charge in [-0.1, -0.05) is 29.4 Å². The molecule has 0 bridgehead atoms. The number of esters is 1. The van der Waals surface area contributed by atoms with Crippen LogP contribution < -0.4 is 10.2 Å². The Morgan fingerprint density at radius 2 is 1.89 bits per heavy atom. The van der Waals surface area contributed by atoms with E-state index >= 15 is 0 Å². The normalized spacial score (nSPS) is 10.8. The molecule has 0 atom stereocenters. The SMILES string of the molecule is COc1ccccc1-c1noc(COC(=O)c2cc(=O)c3ccccc3o2)n1. The van der Waals surface area contributed by atoms with Crippen LogP contribution in [0.3, 0.4) is 0 Å². The van der Waals surface area contributed by atoms with E-state index in [2.05, 4.69) is 10.1 Å². The Kier molecular flexibility index (Phi) is 4.59. The molecule has 0 spiro atoms. The second-order valence-electron chi connectivity index (χ2n) is 5.76. The van der Waals surface area contributed by atoms with E-state index in [4.69, 9.17) is 18.4 Å². The molecule has 0 N–H and O–H groups in total. The summed E-state index contributed by atoms with van der Waals surface area (Å²) < 4.78 is 20.9. The maximum Gasteiger partial charge on any atom is 0.374 e. The Balaban J connectivity index is 1.50. The molecule has 8 nitrogen and oxygen atoms in total. The summed E-state index contributed by atoms with van der Waals surface area (Å²) in [5, 5.41) is 4.26. The number of para-hydroxylation sites is 2. The molecule has 0 aliphatic heterocycles. The summed E-state index contributed by atoms with van der Waals surface area (Å²) in [7, 11) is 1.54. The van der Waals surface area contributed by atoms with Gasteiger partial charge in [0.15, 0.2) is 12.0 Å². The van der Waals surface area contributed by atoms with Crippen molar-refractivity contribution in [2.24, 2.45) is 0 Å². The van der Waals surface area contributed by atoms with Crippen LogP contribution in [0.15, 0.2) is 68.3 Å². The lowest BCUT2D eigenvalue weighted by Crippen LogP contribution is -2.10. The van der Waals surface area contributed by atoms with E-state index in [1.165, 1.54) is 0 Å². The molecule has 0 radical (unpaired) electrons. The Morgan fingerprint density at radius 1 is 1.11 bits per heavy atom. The molecule has 140 valence electrons. The third-order valence-electron chi connectivity index (χ3n) is 3.98. The average molecular weight is 378 g/mol. The molecule has 2 aromatic carbocycles. The molecule has 2 heterocycles. The Morgan fingerprint density at radius 3 is 2.75 bits per heavy atom. The van der Waals surface area contributed by atoms with Gasteiger partial charge < -0.3 is 18.4 Å². The maximum atomic E-state index is 12.2. The summed E-state index contributed by atoms with van der Waals surface area (Å²) in [5.41, 5.74) is 0.620. The number of hydrogen-bond acceptors (Lipinski definition) is 8. The zero-order valence-electron chi connectivity index (χ0n) is 14.7. The molecule has 2 aromatic heterocycles. The van der Waals surface area contributed by atoms with E-state index < -0.39 is 5.97 Å². The number of rotatable bonds is 5. The third-order valence-corrected chi connectivity index (χ3v) is 3.98. The largest absolute Gasteiger partial charge is 0.496 e. The van der Waals surface area contributed by atoms with E-state index in [1.807, 2.05) is 12.1 Å². The fourth-order valence-electron chi connectivity index (χ4n) is 2.66. The summed E-state index contributed by atoms with van der Waals surface area (Å²) in [6.45, 7) is -0.266. The van der Waals surface area contributed by atoms with Gasteiger partial charge in [0, 0.05) is 6.07 Å². The number of benzene rings is 2. The van der Waals surface area contributed by atoms with Gasteiger partial charge in [-0.25, -0.2) is 4.79 Å². The van der Waals surface area contributed by atoms with Crippen molar-refractivity contribution in [1.82, 2.24) is 10.1 Å². The van der Waals surface area contributed by atoms with E-state index in [0.29, 0.717) is 28.1 Å². The number of fused-ring (bicyclic) bond motifs is 1. The van der Waals surface area contributed by atoms with Crippen molar-refractivity contribution < 1.29 is 23.2 Å². The minimum atomic E-state index is -0.806. The second kappa shape index (κ2) is 7.36. The van der Waals surface area contributed by atoms with Crippen LogP contribution in [-0.4, -0.2) is 23.2 Å². The van der Waals surface area contributed by atoms with Crippen molar-refractivity contribution in [2.45, 2.75) is 6.61 Å². The molecule has 0 aliphatic carbocycles. The highest BCUT2D eigenvalue weighted by Crippen LogP contribution is 2.27. The van der Waals surface area contributed by atoms with Crippen molar-refractivity contribution in [2.75, 3.05) is 7.11 Å². The van der Waals surface area contributed by atoms with Crippen molar-refractivity contribution >= 4 is 16.9 Å². The van der Waals surface area contributed by atoms with Gasteiger partial charge in [-0.05, 0) is 24.3 Å². The lowest BCUT2D eigenvalue weighted by atomic mass is 10.2. The molecular formula is C20H14N2O6. The van der Waals surface area contributed by atoms with Gasteiger partial charge in [0.05, 0.1) is 18.1 Å². The van der Waals surface area contributed by atoms with Gasteiger partial charge in [0.25, 0.3) is 5.89 Å². The van der Waals surface area contributed by atoms with Crippen molar-refractivity contribution in [3.63, 3.8) is 0 Å². The molecule has 0 unspecified atom stereocenters. The van der Waals surface area contributed by atoms with Crippen LogP contribution in [0.25, 0.3) is 22.4 Å². The molecule has 4 aromatic rings. The smallest absolute Gasteiger partial charge is 0.374 e. The molecule has 8 heteroatoms. The van der Waals surface area contributed by atoms with Gasteiger partial charge in [-0.15, -0.1) is 0 Å². The first kappa shape index (κ1) is 17.5. The number of ether oxygens (including phenoxy) is 2. The standard InChI is InChI=1S/C20H14N2O6/c1-25-15-8-4-3-7-13(15)19-21-18(28-22-19)11-26-20(24)17-10-14(23)12-6-2-5-9-16(12)27-17/h2-10H,11H2,1H3. The quantitative estimate of drug-likeness (QED) is 0.488. The number of methoxy groups -OCH3 is 1. The third kappa shape index (κ3) is 3.35. The molecule has 28 heavy (non-hydrogen) atoms. The minimum Gasteiger partial charge on any atom is -0.496 e. The highest BCUT2D eigenvalue weighted by molar-refractivity contribution is 5.88. The van der Waals surface area contributed by atoms with Gasteiger partial charge in [0.2, 0.25) is 11.6 Å². The van der Waals surface area contributed by atoms with Gasteiger partial charge in [-0.2, -0.15) is 4.98 Å². The molecule has 0 aliphatic rings. The zero-order valence-corrected chi connectivity index (χ0v) is 14.7. The predicted octanol–water partition coefficient (Wildman–Crippen LogP) is 3.21. The van der Waals surface area contributed by atoms with E-state index in [0.717, 1.165) is 6.07 Å². The Bertz CT molecular complexity index is 1210. The predicted molar refractivity (Wildman–Crippen MR) is 97.9 cm³/mol. The number of carbonyl (C=O) groups is 1. The first-order valence-electron chi connectivity index (χ1n) is 8.31. The highest BCUT2D eigenvalue weighted by Gasteiger charge is 2.17. The Hall–Kier alpha value is -3.94. The minimum absolute atomic E-state index is 0.0948. The summed E-state index contributed by atoms with van der Waals surface area (Å²) in [6.07, 6.45) is 0. The summed E-state index contributed by atoms with van der Waals surface area (Å²) in [6, 6.07) is 14.9. The summed E-state index contributed by atoms with van der Waals surface area (Å²) in [4.78, 5) is 28.5. The van der Waals surface area contributed by atoms with Crippen LogP contribution in [0.1, 0.15) is 16.4 Å². The Labute approximate surface area is 158 Å². The second-order valence-corrected chi connectivity index (χ2v) is 5.76. The molecule has 0 fully saturated rings. The summed E-state index contributed by atoms with van der Waals surface area (Å²) in [5.74, 6) is -0.0176. The number of carbonyl (C=O) groups excluding carboxylic acids is 1. The number of hydrogen-bond donors (Lipinski definition) is 0. The first-order chi connectivity index (χ1) is 13.7. The maximum absolute atomic E-state index is 12.2. The zero-order chi connectivity index (χ0) is 19.5. The van der Waals surface area contributed by atoms with Gasteiger partial charge >= 0.3 is 5.97 Å². The van der Waals surface area contributed by atoms with Crippen LogP contribution in [0.4, 0.5) is 0 Å². The van der Waals surface area contributed by atoms with E-state index in [1.54, 1.807) is 43.5 Å². The molecule has 0 amide bonds. The van der Waals surface area contributed by atoms with Crippen LogP contribution in [0.5, 0.6) is 5.75 Å². The van der Waals surface area contributed by atoms with Gasteiger partial charge in [-0.3, -0.25) is 4.79 Å². The van der Waals surface area contributed by atoms with Crippen molar-refractivity contribution in [3.05, 3.63) is 76.5 Å². The number of nitrogens with zero attached hydrogens (tertiary/aromatic N) is 2. The van der Waals surface area contributed by atoms with E-state index in [9.17, 15) is 9.59 Å². The number of aromatic nitrogens is 2. The molecular weight excluding hydrogens is 364 g/mol. The lowest BCUT2D eigenvalue weighted by molar-refractivity contribution is 0.0394. The fourth-order valence-corrected chi connectivity index (χ4v) is 2.66. The first-order valence-corrected chi connectivity index (χ1v) is 8.31. The average Bonchev–Trinajstić information content (AvgIpc) is 3.21. The van der Waals surface area contributed by atoms with Crippen LogP contribution in [0.2, 0.25) is 0 Å². The highest BCUT2D eigenvalue weighted by atomic mass is 16.6. The van der Waals surface area contributed by atoms with Crippen LogP contribution in [-0.2, 0) is 11.3 Å². The fraction of sp³-hybridized carbons (Fsp3) is 0.100. The molecule has 4 rings (SSSR count). The summed E-state index contributed by atoms with van der Waals surface area (Å²) >= 11 is 0. The van der Waals surface area contributed by atoms with Crippen LogP contribution in [0, 0.1) is 0 Å². The molecule has 0 saturated carbocycles. The van der Waals surface area contributed by atoms with Gasteiger partial charge in [0.1, 0.15) is 11.3 Å². The lowest BCUT2D eigenvalue weighted by Gasteiger charge is -2.03. The molecule has 0 saturated heterocycles. The van der Waals surface area contributed by atoms with Crippen LogP contribution >= 0.6 is 0 Å².